The summed E-state index contributed by atoms with van der Waals surface area (Å²) in [5.41, 5.74) is 4.14. The van der Waals surface area contributed by atoms with Crippen LogP contribution >= 0.6 is 0 Å². The largest absolute Gasteiger partial charge is 0.346 e. The third kappa shape index (κ3) is 4.71. The molecule has 0 aliphatic carbocycles. The molecule has 3 aromatic carbocycles. The van der Waals surface area contributed by atoms with Crippen LogP contribution in [0.15, 0.2) is 77.7 Å². The molecule has 0 aromatic heterocycles. The molecule has 0 aliphatic heterocycles. The van der Waals surface area contributed by atoms with Crippen molar-refractivity contribution in [3.63, 3.8) is 0 Å². The molecule has 0 radical (unpaired) electrons. The Morgan fingerprint density at radius 2 is 1.33 bits per heavy atom. The molecule has 0 bridgehead atoms. The minimum absolute atomic E-state index is 0.137. The summed E-state index contributed by atoms with van der Waals surface area (Å²) in [6, 6.07) is 21.1. The van der Waals surface area contributed by atoms with Crippen LogP contribution in [-0.4, -0.2) is 21.4 Å². The second kappa shape index (κ2) is 8.71. The van der Waals surface area contributed by atoms with Crippen molar-refractivity contribution in [2.75, 3.05) is 11.4 Å². The first-order valence-electron chi connectivity index (χ1n) is 9.71. The zero-order valence-corrected chi connectivity index (χ0v) is 18.4. The number of nitrogens with zero attached hydrogens (tertiary/aromatic N) is 1. The first-order chi connectivity index (χ1) is 14.2. The van der Waals surface area contributed by atoms with Gasteiger partial charge in [0.05, 0.1) is 16.6 Å². The van der Waals surface area contributed by atoms with Gasteiger partial charge in [-0.2, -0.15) is 0 Å². The van der Waals surface area contributed by atoms with E-state index in [9.17, 15) is 13.2 Å². The minimum atomic E-state index is -3.67. The van der Waals surface area contributed by atoms with Crippen molar-refractivity contribution in [3.05, 3.63) is 95.1 Å². The number of anilines is 1. The number of benzene rings is 3. The molecule has 156 valence electrons. The van der Waals surface area contributed by atoms with Gasteiger partial charge in [-0.3, -0.25) is 9.10 Å². The molecular weight excluding hydrogens is 396 g/mol. The standard InChI is InChI=1S/C24H26N2O3S/c1-17-5-9-20(10-6-17)19(3)25-24(27)21-11-13-22(14-12-21)26(4)30(28,29)23-15-7-18(2)8-16-23/h5-16,19H,1-4H3,(H,25,27). The number of sulfonamides is 1. The lowest BCUT2D eigenvalue weighted by atomic mass is 10.1. The number of carbonyl (C=O) groups is 1. The molecule has 0 fully saturated rings. The molecule has 0 saturated carbocycles. The summed E-state index contributed by atoms with van der Waals surface area (Å²) in [6.07, 6.45) is 0. The Hall–Kier alpha value is -3.12. The second-order valence-electron chi connectivity index (χ2n) is 7.44. The van der Waals surface area contributed by atoms with E-state index in [2.05, 4.69) is 5.32 Å². The Bertz CT molecular complexity index is 1120. The van der Waals surface area contributed by atoms with E-state index >= 15 is 0 Å². The van der Waals surface area contributed by atoms with Crippen molar-refractivity contribution in [2.45, 2.75) is 31.7 Å². The summed E-state index contributed by atoms with van der Waals surface area (Å²) in [5, 5.41) is 2.97. The van der Waals surface area contributed by atoms with Crippen LogP contribution < -0.4 is 9.62 Å². The highest BCUT2D eigenvalue weighted by atomic mass is 32.2. The van der Waals surface area contributed by atoms with Crippen LogP contribution in [0.3, 0.4) is 0 Å². The zero-order chi connectivity index (χ0) is 21.9. The van der Waals surface area contributed by atoms with Gasteiger partial charge in [0.15, 0.2) is 0 Å². The molecule has 0 aliphatic rings. The van der Waals surface area contributed by atoms with E-state index in [0.717, 1.165) is 16.7 Å². The smallest absolute Gasteiger partial charge is 0.264 e. The van der Waals surface area contributed by atoms with E-state index in [-0.39, 0.29) is 16.8 Å². The highest BCUT2D eigenvalue weighted by Crippen LogP contribution is 2.23. The lowest BCUT2D eigenvalue weighted by molar-refractivity contribution is 0.0940. The maximum absolute atomic E-state index is 12.8. The van der Waals surface area contributed by atoms with Crippen LogP contribution in [0.5, 0.6) is 0 Å². The van der Waals surface area contributed by atoms with E-state index in [0.29, 0.717) is 11.3 Å². The van der Waals surface area contributed by atoms with E-state index < -0.39 is 10.0 Å². The molecule has 1 atom stereocenters. The van der Waals surface area contributed by atoms with Crippen LogP contribution in [0.25, 0.3) is 0 Å². The third-order valence-corrected chi connectivity index (χ3v) is 6.90. The Labute approximate surface area is 178 Å². The van der Waals surface area contributed by atoms with Crippen LogP contribution in [-0.2, 0) is 10.0 Å². The fourth-order valence-electron chi connectivity index (χ4n) is 3.05. The monoisotopic (exact) mass is 422 g/mol. The van der Waals surface area contributed by atoms with Crippen molar-refractivity contribution in [2.24, 2.45) is 0 Å². The topological polar surface area (TPSA) is 66.5 Å². The molecule has 0 heterocycles. The summed E-state index contributed by atoms with van der Waals surface area (Å²) in [6.45, 7) is 5.85. The first kappa shape index (κ1) is 21.6. The average molecular weight is 423 g/mol. The SMILES string of the molecule is Cc1ccc(C(C)NC(=O)c2ccc(N(C)S(=O)(=O)c3ccc(C)cc3)cc2)cc1. The number of amides is 1. The van der Waals surface area contributed by atoms with Gasteiger partial charge < -0.3 is 5.32 Å². The molecule has 0 saturated heterocycles. The van der Waals surface area contributed by atoms with Crippen molar-refractivity contribution >= 4 is 21.6 Å². The van der Waals surface area contributed by atoms with Gasteiger partial charge in [-0.15, -0.1) is 0 Å². The van der Waals surface area contributed by atoms with Crippen LogP contribution in [0, 0.1) is 13.8 Å². The molecule has 30 heavy (non-hydrogen) atoms. The van der Waals surface area contributed by atoms with Crippen molar-refractivity contribution in [1.82, 2.24) is 5.32 Å². The molecule has 1 unspecified atom stereocenters. The molecule has 0 spiro atoms. The van der Waals surface area contributed by atoms with E-state index in [1.807, 2.05) is 45.0 Å². The molecule has 6 heteroatoms. The highest BCUT2D eigenvalue weighted by molar-refractivity contribution is 7.92. The first-order valence-corrected chi connectivity index (χ1v) is 11.2. The van der Waals surface area contributed by atoms with Gasteiger partial charge >= 0.3 is 0 Å². The number of rotatable bonds is 6. The lowest BCUT2D eigenvalue weighted by Gasteiger charge is -2.20. The Morgan fingerprint density at radius 1 is 0.833 bits per heavy atom. The maximum atomic E-state index is 12.8. The fourth-order valence-corrected chi connectivity index (χ4v) is 4.24. The third-order valence-electron chi connectivity index (χ3n) is 5.10. The van der Waals surface area contributed by atoms with Crippen LogP contribution in [0.4, 0.5) is 5.69 Å². The Morgan fingerprint density at radius 3 is 1.87 bits per heavy atom. The fraction of sp³-hybridized carbons (Fsp3) is 0.208. The second-order valence-corrected chi connectivity index (χ2v) is 9.41. The normalized spacial score (nSPS) is 12.3. The average Bonchev–Trinajstić information content (AvgIpc) is 2.74. The van der Waals surface area contributed by atoms with Gasteiger partial charge in [-0.05, 0) is 62.7 Å². The summed E-state index contributed by atoms with van der Waals surface area (Å²) in [5.74, 6) is -0.210. The van der Waals surface area contributed by atoms with Gasteiger partial charge in [-0.1, -0.05) is 47.5 Å². The van der Waals surface area contributed by atoms with Crippen molar-refractivity contribution in [1.29, 1.82) is 0 Å². The molecule has 1 amide bonds. The number of carbonyl (C=O) groups excluding carboxylic acids is 1. The number of hydrogen-bond acceptors (Lipinski definition) is 3. The van der Waals surface area contributed by atoms with Crippen LogP contribution in [0.2, 0.25) is 0 Å². The van der Waals surface area contributed by atoms with Gasteiger partial charge in [0.25, 0.3) is 15.9 Å². The molecular formula is C24H26N2O3S. The molecule has 1 N–H and O–H groups in total. The summed E-state index contributed by atoms with van der Waals surface area (Å²) >= 11 is 0. The van der Waals surface area contributed by atoms with Crippen molar-refractivity contribution in [3.8, 4) is 0 Å². The van der Waals surface area contributed by atoms with Gasteiger partial charge in [0.1, 0.15) is 0 Å². The summed E-state index contributed by atoms with van der Waals surface area (Å²) in [4.78, 5) is 12.8. The van der Waals surface area contributed by atoms with E-state index in [1.165, 1.54) is 11.4 Å². The van der Waals surface area contributed by atoms with Gasteiger partial charge in [-0.25, -0.2) is 8.42 Å². The lowest BCUT2D eigenvalue weighted by Crippen LogP contribution is -2.28. The van der Waals surface area contributed by atoms with Crippen LogP contribution in [0.1, 0.15) is 40.0 Å². The Balaban J connectivity index is 1.72. The van der Waals surface area contributed by atoms with E-state index in [4.69, 9.17) is 0 Å². The Kier molecular flexibility index (Phi) is 6.27. The zero-order valence-electron chi connectivity index (χ0n) is 17.6. The van der Waals surface area contributed by atoms with Gasteiger partial charge in [0, 0.05) is 12.6 Å². The molecule has 3 rings (SSSR count). The number of aryl methyl sites for hydroxylation is 2. The predicted octanol–water partition coefficient (Wildman–Crippen LogP) is 4.62. The quantitative estimate of drug-likeness (QED) is 0.630. The number of hydrogen-bond donors (Lipinski definition) is 1. The molecule has 5 nitrogen and oxygen atoms in total. The summed E-state index contributed by atoms with van der Waals surface area (Å²) in [7, 11) is -2.16. The highest BCUT2D eigenvalue weighted by Gasteiger charge is 2.21. The minimum Gasteiger partial charge on any atom is -0.346 e. The predicted molar refractivity (Wildman–Crippen MR) is 120 cm³/mol. The summed E-state index contributed by atoms with van der Waals surface area (Å²) < 4.78 is 26.9. The number of nitrogens with one attached hydrogen (secondary N) is 1. The van der Waals surface area contributed by atoms with Gasteiger partial charge in [0.2, 0.25) is 0 Å². The van der Waals surface area contributed by atoms with E-state index in [1.54, 1.807) is 48.5 Å². The molecule has 3 aromatic rings. The maximum Gasteiger partial charge on any atom is 0.264 e. The van der Waals surface area contributed by atoms with Crippen molar-refractivity contribution < 1.29 is 13.2 Å².